The van der Waals surface area contributed by atoms with Crippen LogP contribution in [0.1, 0.15) is 27.2 Å². The summed E-state index contributed by atoms with van der Waals surface area (Å²) in [6.45, 7) is 6.89. The van der Waals surface area contributed by atoms with Crippen LogP contribution in [-0.4, -0.2) is 24.0 Å². The van der Waals surface area contributed by atoms with Crippen LogP contribution in [0.3, 0.4) is 0 Å². The van der Waals surface area contributed by atoms with Crippen molar-refractivity contribution in [1.29, 1.82) is 0 Å². The van der Waals surface area contributed by atoms with Crippen LogP contribution in [0.15, 0.2) is 36.5 Å². The zero-order chi connectivity index (χ0) is 15.3. The fraction of sp³-hybridized carbons (Fsp3) is 0.412. The first kappa shape index (κ1) is 15.3. The summed E-state index contributed by atoms with van der Waals surface area (Å²) in [7, 11) is 0. The first-order chi connectivity index (χ1) is 9.98. The summed E-state index contributed by atoms with van der Waals surface area (Å²) in [5, 5.41) is 3.98. The van der Waals surface area contributed by atoms with E-state index in [0.717, 1.165) is 23.1 Å². The molecule has 0 unspecified atom stereocenters. The minimum absolute atomic E-state index is 0.0642. The Morgan fingerprint density at radius 1 is 1.24 bits per heavy atom. The van der Waals surface area contributed by atoms with E-state index >= 15 is 0 Å². The fourth-order valence-corrected chi connectivity index (χ4v) is 1.91. The Hall–Kier alpha value is -2.10. The highest BCUT2D eigenvalue weighted by molar-refractivity contribution is 5.84. The van der Waals surface area contributed by atoms with Gasteiger partial charge in [-0.25, -0.2) is 0 Å². The molecule has 0 aliphatic rings. The van der Waals surface area contributed by atoms with Gasteiger partial charge in [-0.2, -0.15) is 0 Å². The second-order valence-corrected chi connectivity index (χ2v) is 6.04. The maximum atomic E-state index is 11.7. The van der Waals surface area contributed by atoms with E-state index in [4.69, 9.17) is 4.74 Å². The zero-order valence-electron chi connectivity index (χ0n) is 12.8. The molecule has 4 nitrogen and oxygen atoms in total. The van der Waals surface area contributed by atoms with Crippen LogP contribution in [0.4, 0.5) is 0 Å². The lowest BCUT2D eigenvalue weighted by Crippen LogP contribution is -2.35. The maximum Gasteiger partial charge on any atom is 0.225 e. The zero-order valence-corrected chi connectivity index (χ0v) is 12.8. The number of rotatable bonds is 5. The topological polar surface area (TPSA) is 51.2 Å². The molecule has 0 fully saturated rings. The first-order valence-corrected chi connectivity index (χ1v) is 7.23. The van der Waals surface area contributed by atoms with Gasteiger partial charge in [0.15, 0.2) is 0 Å². The van der Waals surface area contributed by atoms with Crippen molar-refractivity contribution in [3.05, 3.63) is 36.5 Å². The molecule has 0 saturated heterocycles. The van der Waals surface area contributed by atoms with Crippen molar-refractivity contribution in [2.45, 2.75) is 27.2 Å². The van der Waals surface area contributed by atoms with E-state index < -0.39 is 0 Å². The third kappa shape index (κ3) is 4.18. The summed E-state index contributed by atoms with van der Waals surface area (Å²) in [5.74, 6) is 0.851. The lowest BCUT2D eigenvalue weighted by molar-refractivity contribution is -0.128. The van der Waals surface area contributed by atoms with Crippen LogP contribution in [-0.2, 0) is 4.79 Å². The molecule has 1 amide bonds. The third-order valence-electron chi connectivity index (χ3n) is 3.14. The Labute approximate surface area is 125 Å². The highest BCUT2D eigenvalue weighted by Crippen LogP contribution is 2.22. The van der Waals surface area contributed by atoms with Gasteiger partial charge in [0.25, 0.3) is 0 Å². The van der Waals surface area contributed by atoms with Crippen molar-refractivity contribution in [3.8, 4) is 5.75 Å². The predicted octanol–water partition coefficient (Wildman–Crippen LogP) is 3.17. The summed E-state index contributed by atoms with van der Waals surface area (Å²) >= 11 is 0. The second-order valence-electron chi connectivity index (χ2n) is 6.04. The van der Waals surface area contributed by atoms with Crippen LogP contribution in [0, 0.1) is 5.41 Å². The fourth-order valence-electron chi connectivity index (χ4n) is 1.91. The van der Waals surface area contributed by atoms with Crippen LogP contribution in [0.25, 0.3) is 10.9 Å². The number of benzene rings is 1. The van der Waals surface area contributed by atoms with E-state index in [2.05, 4.69) is 10.3 Å². The minimum Gasteiger partial charge on any atom is -0.491 e. The Bertz CT molecular complexity index is 612. The molecular formula is C17H22N2O2. The molecule has 1 N–H and O–H groups in total. The SMILES string of the molecule is CC(C)(C)C(=O)NCCCOc1cccc2cccnc12. The largest absolute Gasteiger partial charge is 0.491 e. The molecule has 0 bridgehead atoms. The molecule has 0 aliphatic heterocycles. The van der Waals surface area contributed by atoms with E-state index in [9.17, 15) is 4.79 Å². The van der Waals surface area contributed by atoms with Gasteiger partial charge in [-0.1, -0.05) is 39.0 Å². The monoisotopic (exact) mass is 286 g/mol. The van der Waals surface area contributed by atoms with Gasteiger partial charge in [-0.15, -0.1) is 0 Å². The first-order valence-electron chi connectivity index (χ1n) is 7.23. The highest BCUT2D eigenvalue weighted by atomic mass is 16.5. The normalized spacial score (nSPS) is 11.4. The number of para-hydroxylation sites is 1. The summed E-state index contributed by atoms with van der Waals surface area (Å²) in [6, 6.07) is 9.81. The van der Waals surface area contributed by atoms with Crippen molar-refractivity contribution < 1.29 is 9.53 Å². The molecule has 4 heteroatoms. The van der Waals surface area contributed by atoms with Gasteiger partial charge in [-0.3, -0.25) is 9.78 Å². The summed E-state index contributed by atoms with van der Waals surface area (Å²) in [4.78, 5) is 16.1. The lowest BCUT2D eigenvalue weighted by Gasteiger charge is -2.17. The van der Waals surface area contributed by atoms with Crippen molar-refractivity contribution in [1.82, 2.24) is 10.3 Å². The standard InChI is InChI=1S/C17H22N2O2/c1-17(2,3)16(20)19-11-6-12-21-14-9-4-7-13-8-5-10-18-15(13)14/h4-5,7-10H,6,11-12H2,1-3H3,(H,19,20). The number of hydrogen-bond acceptors (Lipinski definition) is 3. The van der Waals surface area contributed by atoms with Crippen molar-refractivity contribution in [3.63, 3.8) is 0 Å². The maximum absolute atomic E-state index is 11.7. The number of amides is 1. The van der Waals surface area contributed by atoms with Gasteiger partial charge in [0.2, 0.25) is 5.91 Å². The molecule has 0 aliphatic carbocycles. The van der Waals surface area contributed by atoms with E-state index in [1.165, 1.54) is 0 Å². The molecule has 0 atom stereocenters. The van der Waals surface area contributed by atoms with Gasteiger partial charge in [0, 0.05) is 23.5 Å². The van der Waals surface area contributed by atoms with Crippen molar-refractivity contribution in [2.75, 3.05) is 13.2 Å². The number of carbonyl (C=O) groups excluding carboxylic acids is 1. The number of pyridine rings is 1. The van der Waals surface area contributed by atoms with E-state index in [0.29, 0.717) is 13.2 Å². The van der Waals surface area contributed by atoms with Crippen LogP contribution < -0.4 is 10.1 Å². The van der Waals surface area contributed by atoms with E-state index in [1.54, 1.807) is 6.20 Å². The van der Waals surface area contributed by atoms with Gasteiger partial charge >= 0.3 is 0 Å². The number of nitrogens with one attached hydrogen (secondary N) is 1. The van der Waals surface area contributed by atoms with E-state index in [1.807, 2.05) is 51.1 Å². The molecule has 2 rings (SSSR count). The smallest absolute Gasteiger partial charge is 0.225 e. The Kier molecular flexibility index (Phi) is 4.78. The number of carbonyl (C=O) groups is 1. The average Bonchev–Trinajstić information content (AvgIpc) is 2.46. The minimum atomic E-state index is -0.347. The van der Waals surface area contributed by atoms with E-state index in [-0.39, 0.29) is 11.3 Å². The number of aromatic nitrogens is 1. The molecule has 1 aromatic carbocycles. The quantitative estimate of drug-likeness (QED) is 0.859. The summed E-state index contributed by atoms with van der Waals surface area (Å²) in [5.41, 5.74) is 0.527. The predicted molar refractivity (Wildman–Crippen MR) is 84.3 cm³/mol. The van der Waals surface area contributed by atoms with Crippen molar-refractivity contribution in [2.24, 2.45) is 5.41 Å². The van der Waals surface area contributed by atoms with Gasteiger partial charge in [0.05, 0.1) is 6.61 Å². The van der Waals surface area contributed by atoms with Crippen LogP contribution in [0.5, 0.6) is 5.75 Å². The molecule has 21 heavy (non-hydrogen) atoms. The molecular weight excluding hydrogens is 264 g/mol. The molecule has 112 valence electrons. The molecule has 2 aromatic rings. The number of nitrogens with zero attached hydrogens (tertiary/aromatic N) is 1. The number of ether oxygens (including phenoxy) is 1. The molecule has 1 aromatic heterocycles. The molecule has 0 saturated carbocycles. The third-order valence-corrected chi connectivity index (χ3v) is 3.14. The Morgan fingerprint density at radius 3 is 2.76 bits per heavy atom. The molecule has 0 spiro atoms. The average molecular weight is 286 g/mol. The lowest BCUT2D eigenvalue weighted by atomic mass is 9.96. The summed E-state index contributed by atoms with van der Waals surface area (Å²) in [6.07, 6.45) is 2.53. The Balaban J connectivity index is 1.82. The number of fused-ring (bicyclic) bond motifs is 1. The Morgan fingerprint density at radius 2 is 2.00 bits per heavy atom. The summed E-state index contributed by atoms with van der Waals surface area (Å²) < 4.78 is 5.77. The van der Waals surface area contributed by atoms with Crippen molar-refractivity contribution >= 4 is 16.8 Å². The van der Waals surface area contributed by atoms with Crippen LogP contribution in [0.2, 0.25) is 0 Å². The number of hydrogen-bond donors (Lipinski definition) is 1. The van der Waals surface area contributed by atoms with Gasteiger partial charge < -0.3 is 10.1 Å². The molecule has 0 radical (unpaired) electrons. The van der Waals surface area contributed by atoms with Crippen LogP contribution >= 0.6 is 0 Å². The highest BCUT2D eigenvalue weighted by Gasteiger charge is 2.20. The molecule has 1 heterocycles. The van der Waals surface area contributed by atoms with Gasteiger partial charge in [0.1, 0.15) is 11.3 Å². The van der Waals surface area contributed by atoms with Gasteiger partial charge in [-0.05, 0) is 18.6 Å². The second kappa shape index (κ2) is 6.57.